The second-order valence-corrected chi connectivity index (χ2v) is 8.49. The number of alkyl halides is 5. The van der Waals surface area contributed by atoms with Crippen LogP contribution in [0.3, 0.4) is 0 Å². The molecule has 1 amide bonds. The van der Waals surface area contributed by atoms with E-state index in [9.17, 15) is 35.2 Å². The molecular formula is C18H17F5N4O3S. The van der Waals surface area contributed by atoms with Gasteiger partial charge in [-0.05, 0) is 30.3 Å². The summed E-state index contributed by atoms with van der Waals surface area (Å²) >= 11 is 0. The molecule has 13 heteroatoms. The monoisotopic (exact) mass is 464 g/mol. The predicted octanol–water partition coefficient (Wildman–Crippen LogP) is 2.99. The van der Waals surface area contributed by atoms with Crippen molar-refractivity contribution in [3.05, 3.63) is 48.2 Å². The van der Waals surface area contributed by atoms with Crippen molar-refractivity contribution >= 4 is 27.3 Å². The molecule has 1 aromatic carbocycles. The number of amides is 1. The summed E-state index contributed by atoms with van der Waals surface area (Å²) in [5.74, 6) is -4.04. The van der Waals surface area contributed by atoms with Crippen LogP contribution >= 0.6 is 0 Å². The zero-order valence-electron chi connectivity index (χ0n) is 15.7. The van der Waals surface area contributed by atoms with Gasteiger partial charge in [0, 0.05) is 43.0 Å². The largest absolute Gasteiger partial charge is 0.416 e. The SMILES string of the molecule is NS(=O)(=O)c1cc(NC(=O)C2CC(F)(F)CCN2c2ccc(C(F)(F)F)cc2)ccn1. The molecule has 0 spiro atoms. The number of halogens is 5. The Labute approximate surface area is 174 Å². The van der Waals surface area contributed by atoms with E-state index in [-0.39, 0.29) is 17.9 Å². The van der Waals surface area contributed by atoms with Crippen LogP contribution in [0, 0.1) is 0 Å². The van der Waals surface area contributed by atoms with Gasteiger partial charge in [0.25, 0.3) is 15.9 Å². The van der Waals surface area contributed by atoms with E-state index in [1.165, 1.54) is 11.0 Å². The molecule has 0 radical (unpaired) electrons. The topological polar surface area (TPSA) is 105 Å². The third-order valence-corrected chi connectivity index (χ3v) is 5.52. The highest BCUT2D eigenvalue weighted by atomic mass is 32.2. The average molecular weight is 464 g/mol. The van der Waals surface area contributed by atoms with Gasteiger partial charge in [-0.25, -0.2) is 27.3 Å². The van der Waals surface area contributed by atoms with Crippen LogP contribution in [0.15, 0.2) is 47.6 Å². The summed E-state index contributed by atoms with van der Waals surface area (Å²) in [6.45, 7) is -0.269. The van der Waals surface area contributed by atoms with E-state index in [1.54, 1.807) is 0 Å². The molecule has 2 heterocycles. The van der Waals surface area contributed by atoms with Gasteiger partial charge in [-0.2, -0.15) is 13.2 Å². The fourth-order valence-corrected chi connectivity index (χ4v) is 3.69. The van der Waals surface area contributed by atoms with Gasteiger partial charge >= 0.3 is 6.18 Å². The highest BCUT2D eigenvalue weighted by molar-refractivity contribution is 7.89. The zero-order chi connectivity index (χ0) is 23.0. The van der Waals surface area contributed by atoms with E-state index in [4.69, 9.17) is 5.14 Å². The lowest BCUT2D eigenvalue weighted by molar-refractivity contribution is -0.137. The smallest absolute Gasteiger partial charge is 0.359 e. The van der Waals surface area contributed by atoms with E-state index >= 15 is 0 Å². The molecule has 0 bridgehead atoms. The van der Waals surface area contributed by atoms with Crippen molar-refractivity contribution in [3.63, 3.8) is 0 Å². The number of carbonyl (C=O) groups excluding carboxylic acids is 1. The van der Waals surface area contributed by atoms with Crippen molar-refractivity contribution in [2.75, 3.05) is 16.8 Å². The molecule has 1 aliphatic heterocycles. The van der Waals surface area contributed by atoms with Crippen molar-refractivity contribution in [2.24, 2.45) is 5.14 Å². The second kappa shape index (κ2) is 8.04. The molecule has 31 heavy (non-hydrogen) atoms. The number of pyridine rings is 1. The molecule has 1 fully saturated rings. The predicted molar refractivity (Wildman–Crippen MR) is 101 cm³/mol. The van der Waals surface area contributed by atoms with Gasteiger partial charge in [-0.1, -0.05) is 0 Å². The first kappa shape index (κ1) is 22.9. The number of piperidine rings is 1. The number of nitrogens with zero attached hydrogens (tertiary/aromatic N) is 2. The first-order valence-electron chi connectivity index (χ1n) is 8.88. The minimum atomic E-state index is -4.56. The Balaban J connectivity index is 1.87. The Bertz CT molecular complexity index is 1070. The molecule has 7 nitrogen and oxygen atoms in total. The number of anilines is 2. The van der Waals surface area contributed by atoms with Crippen LogP contribution in [0.4, 0.5) is 33.3 Å². The molecule has 1 saturated heterocycles. The molecule has 1 aromatic heterocycles. The summed E-state index contributed by atoms with van der Waals surface area (Å²) < 4.78 is 89.2. The van der Waals surface area contributed by atoms with E-state index in [0.717, 1.165) is 36.5 Å². The minimum Gasteiger partial charge on any atom is -0.359 e. The van der Waals surface area contributed by atoms with Gasteiger partial charge in [-0.3, -0.25) is 4.79 Å². The van der Waals surface area contributed by atoms with E-state index in [0.29, 0.717) is 0 Å². The summed E-state index contributed by atoms with van der Waals surface area (Å²) in [5, 5.41) is 6.80. The molecule has 1 atom stereocenters. The summed E-state index contributed by atoms with van der Waals surface area (Å²) in [4.78, 5) is 17.6. The number of carbonyl (C=O) groups is 1. The number of rotatable bonds is 4. The highest BCUT2D eigenvalue weighted by Crippen LogP contribution is 2.36. The van der Waals surface area contributed by atoms with Gasteiger partial charge in [0.2, 0.25) is 5.91 Å². The van der Waals surface area contributed by atoms with Gasteiger partial charge < -0.3 is 10.2 Å². The molecule has 1 unspecified atom stereocenters. The molecular weight excluding hydrogens is 447 g/mol. The molecule has 168 valence electrons. The Morgan fingerprint density at radius 2 is 1.84 bits per heavy atom. The molecule has 3 N–H and O–H groups in total. The first-order valence-corrected chi connectivity index (χ1v) is 10.4. The van der Waals surface area contributed by atoms with Crippen molar-refractivity contribution in [1.29, 1.82) is 0 Å². The van der Waals surface area contributed by atoms with Gasteiger partial charge in [-0.15, -0.1) is 0 Å². The quantitative estimate of drug-likeness (QED) is 0.677. The molecule has 3 rings (SSSR count). The molecule has 1 aliphatic rings. The summed E-state index contributed by atoms with van der Waals surface area (Å²) in [7, 11) is -4.16. The van der Waals surface area contributed by atoms with Gasteiger partial charge in [0.1, 0.15) is 6.04 Å². The van der Waals surface area contributed by atoms with Crippen LogP contribution in [0.1, 0.15) is 18.4 Å². The second-order valence-electron chi connectivity index (χ2n) is 6.98. The summed E-state index contributed by atoms with van der Waals surface area (Å²) in [6.07, 6.45) is -4.94. The Hall–Kier alpha value is -2.80. The average Bonchev–Trinajstić information content (AvgIpc) is 2.66. The molecule has 2 aromatic rings. The number of nitrogens with one attached hydrogen (secondary N) is 1. The first-order chi connectivity index (χ1) is 14.3. The van der Waals surface area contributed by atoms with Crippen LogP contribution in [0.25, 0.3) is 0 Å². The van der Waals surface area contributed by atoms with Crippen molar-refractivity contribution in [1.82, 2.24) is 4.98 Å². The van der Waals surface area contributed by atoms with Crippen LogP contribution < -0.4 is 15.4 Å². The fraction of sp³-hybridized carbons (Fsp3) is 0.333. The Morgan fingerprint density at radius 1 is 1.19 bits per heavy atom. The summed E-state index contributed by atoms with van der Waals surface area (Å²) in [5.41, 5.74) is -0.777. The van der Waals surface area contributed by atoms with Crippen molar-refractivity contribution in [2.45, 2.75) is 36.0 Å². The fourth-order valence-electron chi connectivity index (χ4n) is 3.19. The van der Waals surface area contributed by atoms with E-state index in [1.807, 2.05) is 0 Å². The minimum absolute atomic E-state index is 0.0368. The van der Waals surface area contributed by atoms with Crippen LogP contribution in [0.2, 0.25) is 0 Å². The molecule has 0 saturated carbocycles. The maximum absolute atomic E-state index is 14.0. The maximum atomic E-state index is 14.0. The third-order valence-electron chi connectivity index (χ3n) is 4.71. The lowest BCUT2D eigenvalue weighted by Gasteiger charge is -2.40. The zero-order valence-corrected chi connectivity index (χ0v) is 16.6. The number of hydrogen-bond acceptors (Lipinski definition) is 5. The van der Waals surface area contributed by atoms with Crippen LogP contribution in [0.5, 0.6) is 0 Å². The number of sulfonamides is 1. The number of primary sulfonamides is 1. The van der Waals surface area contributed by atoms with Gasteiger partial charge in [0.05, 0.1) is 5.56 Å². The molecule has 0 aliphatic carbocycles. The normalized spacial score (nSPS) is 19.2. The van der Waals surface area contributed by atoms with E-state index < -0.39 is 57.5 Å². The van der Waals surface area contributed by atoms with Crippen molar-refractivity contribution in [3.8, 4) is 0 Å². The van der Waals surface area contributed by atoms with E-state index in [2.05, 4.69) is 10.3 Å². The number of hydrogen-bond donors (Lipinski definition) is 2. The lowest BCUT2D eigenvalue weighted by atomic mass is 9.96. The third kappa shape index (κ3) is 5.47. The Morgan fingerprint density at radius 3 is 2.42 bits per heavy atom. The number of aromatic nitrogens is 1. The standard InChI is InChI=1S/C18H17F5N4O3S/c19-17(20)6-8-27(13-3-1-11(2-4-13)18(21,22)23)14(10-17)16(28)26-12-5-7-25-15(9-12)31(24,29)30/h1-5,7,9,14H,6,8,10H2,(H2,24,29,30)(H,25,26,28). The number of nitrogens with two attached hydrogens (primary N) is 1. The Kier molecular flexibility index (Phi) is 5.93. The summed E-state index contributed by atoms with van der Waals surface area (Å²) in [6, 6.07) is 4.63. The number of benzene rings is 1. The van der Waals surface area contributed by atoms with Crippen LogP contribution in [-0.2, 0) is 21.0 Å². The van der Waals surface area contributed by atoms with Crippen molar-refractivity contribution < 1.29 is 35.2 Å². The maximum Gasteiger partial charge on any atom is 0.416 e. The van der Waals surface area contributed by atoms with Gasteiger partial charge in [0.15, 0.2) is 5.03 Å². The lowest BCUT2D eigenvalue weighted by Crippen LogP contribution is -2.52. The highest BCUT2D eigenvalue weighted by Gasteiger charge is 2.44. The van der Waals surface area contributed by atoms with Crippen LogP contribution in [-0.4, -0.2) is 37.8 Å².